The number of rotatable bonds is 7. The van der Waals surface area contributed by atoms with Crippen molar-refractivity contribution in [2.24, 2.45) is 0 Å². The Kier molecular flexibility index (Phi) is 5.21. The highest BCUT2D eigenvalue weighted by atomic mass is 15.2. The molecule has 1 aromatic carbocycles. The lowest BCUT2D eigenvalue weighted by Gasteiger charge is -2.11. The second kappa shape index (κ2) is 7.73. The second-order valence-electron chi connectivity index (χ2n) is 6.08. The van der Waals surface area contributed by atoms with Crippen LogP contribution in [0.2, 0.25) is 0 Å². The van der Waals surface area contributed by atoms with Crippen LogP contribution in [0.15, 0.2) is 54.9 Å². The van der Waals surface area contributed by atoms with Gasteiger partial charge in [0.15, 0.2) is 0 Å². The van der Waals surface area contributed by atoms with Crippen LogP contribution < -0.4 is 5.32 Å². The summed E-state index contributed by atoms with van der Waals surface area (Å²) >= 11 is 0. The minimum absolute atomic E-state index is 0.448. The maximum Gasteiger partial charge on any atom is 0.148 e. The molecule has 3 aromatic rings. The number of hydrogen-bond donors (Lipinski definition) is 1. The largest absolute Gasteiger partial charge is 0.369 e. The third-order valence-corrected chi connectivity index (χ3v) is 3.88. The Morgan fingerprint density at radius 3 is 2.58 bits per heavy atom. The molecule has 0 saturated carbocycles. The van der Waals surface area contributed by atoms with Gasteiger partial charge in [-0.05, 0) is 18.6 Å². The van der Waals surface area contributed by atoms with E-state index < -0.39 is 0 Å². The molecule has 0 spiro atoms. The SMILES string of the molecule is CC(C)c1nccn1CCCNc1ccc(-c2ccccc2)nn1. The summed E-state index contributed by atoms with van der Waals surface area (Å²) in [6.45, 7) is 6.15. The zero-order valence-corrected chi connectivity index (χ0v) is 14.2. The van der Waals surface area contributed by atoms with Gasteiger partial charge in [0.1, 0.15) is 11.6 Å². The first-order valence-corrected chi connectivity index (χ1v) is 8.38. The quantitative estimate of drug-likeness (QED) is 0.669. The number of hydrogen-bond acceptors (Lipinski definition) is 4. The molecule has 0 saturated heterocycles. The van der Waals surface area contributed by atoms with E-state index in [1.807, 2.05) is 54.9 Å². The Balaban J connectivity index is 1.49. The number of nitrogens with zero attached hydrogens (tertiary/aromatic N) is 4. The predicted octanol–water partition coefficient (Wildman–Crippen LogP) is 3.97. The van der Waals surface area contributed by atoms with Crippen LogP contribution in [0.1, 0.15) is 32.0 Å². The molecule has 2 aromatic heterocycles. The molecule has 5 nitrogen and oxygen atoms in total. The average molecular weight is 321 g/mol. The molecular formula is C19H23N5. The number of benzene rings is 1. The van der Waals surface area contributed by atoms with Crippen molar-refractivity contribution in [2.75, 3.05) is 11.9 Å². The van der Waals surface area contributed by atoms with E-state index in [1.54, 1.807) is 0 Å². The topological polar surface area (TPSA) is 55.6 Å². The van der Waals surface area contributed by atoms with Crippen LogP contribution in [-0.2, 0) is 6.54 Å². The molecule has 24 heavy (non-hydrogen) atoms. The molecule has 0 radical (unpaired) electrons. The monoisotopic (exact) mass is 321 g/mol. The van der Waals surface area contributed by atoms with E-state index in [0.29, 0.717) is 5.92 Å². The zero-order chi connectivity index (χ0) is 16.8. The molecule has 0 bridgehead atoms. The number of anilines is 1. The Labute approximate surface area is 142 Å². The summed E-state index contributed by atoms with van der Waals surface area (Å²) in [7, 11) is 0. The molecule has 1 N–H and O–H groups in total. The lowest BCUT2D eigenvalue weighted by Crippen LogP contribution is -2.10. The van der Waals surface area contributed by atoms with Crippen molar-refractivity contribution < 1.29 is 0 Å². The van der Waals surface area contributed by atoms with E-state index in [9.17, 15) is 0 Å². The summed E-state index contributed by atoms with van der Waals surface area (Å²) in [5.74, 6) is 2.40. The van der Waals surface area contributed by atoms with Crippen LogP contribution in [0.25, 0.3) is 11.3 Å². The van der Waals surface area contributed by atoms with Crippen LogP contribution >= 0.6 is 0 Å². The molecule has 124 valence electrons. The van der Waals surface area contributed by atoms with Crippen molar-refractivity contribution in [1.29, 1.82) is 0 Å². The molecule has 0 atom stereocenters. The van der Waals surface area contributed by atoms with Gasteiger partial charge < -0.3 is 9.88 Å². The Morgan fingerprint density at radius 2 is 1.88 bits per heavy atom. The molecule has 2 heterocycles. The Bertz CT molecular complexity index is 747. The van der Waals surface area contributed by atoms with Crippen LogP contribution in [-0.4, -0.2) is 26.3 Å². The molecule has 0 aliphatic heterocycles. The smallest absolute Gasteiger partial charge is 0.148 e. The van der Waals surface area contributed by atoms with E-state index in [4.69, 9.17) is 0 Å². The number of nitrogens with one attached hydrogen (secondary N) is 1. The summed E-state index contributed by atoms with van der Waals surface area (Å²) in [4.78, 5) is 4.41. The fourth-order valence-corrected chi connectivity index (χ4v) is 2.67. The minimum atomic E-state index is 0.448. The highest BCUT2D eigenvalue weighted by molar-refractivity contribution is 5.59. The van der Waals surface area contributed by atoms with Gasteiger partial charge >= 0.3 is 0 Å². The van der Waals surface area contributed by atoms with E-state index >= 15 is 0 Å². The normalized spacial score (nSPS) is 11.0. The van der Waals surface area contributed by atoms with E-state index in [0.717, 1.165) is 42.4 Å². The van der Waals surface area contributed by atoms with Gasteiger partial charge in [0.2, 0.25) is 0 Å². The zero-order valence-electron chi connectivity index (χ0n) is 14.2. The molecule has 5 heteroatoms. The molecular weight excluding hydrogens is 298 g/mol. The number of aromatic nitrogens is 4. The molecule has 0 fully saturated rings. The maximum atomic E-state index is 4.41. The first kappa shape index (κ1) is 16.2. The standard InChI is InChI=1S/C19H23N5/c1-15(2)19-21-12-14-24(19)13-6-11-20-18-10-9-17(22-23-18)16-7-4-3-5-8-16/h3-5,7-10,12,14-15H,6,11,13H2,1-2H3,(H,20,23). The molecule has 0 unspecified atom stereocenters. The van der Waals surface area contributed by atoms with Crippen LogP contribution in [0.5, 0.6) is 0 Å². The van der Waals surface area contributed by atoms with Gasteiger partial charge in [-0.2, -0.15) is 0 Å². The summed E-state index contributed by atoms with van der Waals surface area (Å²) in [6.07, 6.45) is 4.93. The van der Waals surface area contributed by atoms with Crippen molar-refractivity contribution in [1.82, 2.24) is 19.7 Å². The van der Waals surface area contributed by atoms with Gasteiger partial charge in [0.05, 0.1) is 5.69 Å². The minimum Gasteiger partial charge on any atom is -0.369 e. The van der Waals surface area contributed by atoms with E-state index in [-0.39, 0.29) is 0 Å². The van der Waals surface area contributed by atoms with Gasteiger partial charge in [-0.1, -0.05) is 44.2 Å². The first-order chi connectivity index (χ1) is 11.7. The van der Waals surface area contributed by atoms with Gasteiger partial charge in [-0.3, -0.25) is 0 Å². The van der Waals surface area contributed by atoms with Crippen molar-refractivity contribution in [2.45, 2.75) is 32.7 Å². The van der Waals surface area contributed by atoms with E-state index in [2.05, 4.69) is 38.9 Å². The number of aryl methyl sites for hydroxylation is 1. The molecule has 0 aliphatic carbocycles. The molecule has 3 rings (SSSR count). The van der Waals surface area contributed by atoms with Gasteiger partial charge in [-0.15, -0.1) is 10.2 Å². The van der Waals surface area contributed by atoms with Crippen molar-refractivity contribution in [3.8, 4) is 11.3 Å². The lowest BCUT2D eigenvalue weighted by molar-refractivity contribution is 0.600. The highest BCUT2D eigenvalue weighted by Gasteiger charge is 2.06. The fourth-order valence-electron chi connectivity index (χ4n) is 2.67. The maximum absolute atomic E-state index is 4.41. The second-order valence-corrected chi connectivity index (χ2v) is 6.08. The first-order valence-electron chi connectivity index (χ1n) is 8.38. The van der Waals surface area contributed by atoms with Crippen molar-refractivity contribution in [3.05, 3.63) is 60.7 Å². The van der Waals surface area contributed by atoms with Gasteiger partial charge in [0.25, 0.3) is 0 Å². The van der Waals surface area contributed by atoms with E-state index in [1.165, 1.54) is 0 Å². The van der Waals surface area contributed by atoms with Crippen LogP contribution in [0.4, 0.5) is 5.82 Å². The van der Waals surface area contributed by atoms with Crippen molar-refractivity contribution >= 4 is 5.82 Å². The average Bonchev–Trinajstić information content (AvgIpc) is 3.09. The lowest BCUT2D eigenvalue weighted by atomic mass is 10.1. The van der Waals surface area contributed by atoms with Gasteiger partial charge in [0, 0.05) is 37.0 Å². The summed E-state index contributed by atoms with van der Waals surface area (Å²) in [6, 6.07) is 14.1. The summed E-state index contributed by atoms with van der Waals surface area (Å²) in [5, 5.41) is 11.9. The fraction of sp³-hybridized carbons (Fsp3) is 0.316. The van der Waals surface area contributed by atoms with Crippen molar-refractivity contribution in [3.63, 3.8) is 0 Å². The van der Waals surface area contributed by atoms with Crippen LogP contribution in [0, 0.1) is 0 Å². The number of imidazole rings is 1. The predicted molar refractivity (Wildman–Crippen MR) is 96.9 cm³/mol. The summed E-state index contributed by atoms with van der Waals surface area (Å²) in [5.41, 5.74) is 1.97. The summed E-state index contributed by atoms with van der Waals surface area (Å²) < 4.78 is 2.22. The third kappa shape index (κ3) is 3.98. The Hall–Kier alpha value is -2.69. The van der Waals surface area contributed by atoms with Gasteiger partial charge in [-0.25, -0.2) is 4.98 Å². The molecule has 0 amide bonds. The third-order valence-electron chi connectivity index (χ3n) is 3.88. The Morgan fingerprint density at radius 1 is 1.04 bits per heavy atom. The highest BCUT2D eigenvalue weighted by Crippen LogP contribution is 2.16. The van der Waals surface area contributed by atoms with Crippen LogP contribution in [0.3, 0.4) is 0 Å². The molecule has 0 aliphatic rings.